The molecule has 0 aliphatic carbocycles. The van der Waals surface area contributed by atoms with E-state index in [1.54, 1.807) is 6.07 Å². The number of anilines is 1. The van der Waals surface area contributed by atoms with Crippen LogP contribution in [-0.2, 0) is 0 Å². The number of hydrogen-bond donors (Lipinski definition) is 2. The molecule has 1 fully saturated rings. The van der Waals surface area contributed by atoms with Crippen LogP contribution < -0.4 is 4.90 Å². The van der Waals surface area contributed by atoms with E-state index >= 15 is 0 Å². The Balaban J connectivity index is 2.11. The van der Waals surface area contributed by atoms with Crippen LogP contribution in [0.3, 0.4) is 0 Å². The fraction of sp³-hybridized carbons (Fsp3) is 0.500. The maximum Gasteiger partial charge on any atom is 0.356 e. The van der Waals surface area contributed by atoms with Crippen molar-refractivity contribution in [1.29, 1.82) is 0 Å². The molecule has 0 saturated carbocycles. The van der Waals surface area contributed by atoms with Crippen LogP contribution in [0.25, 0.3) is 0 Å². The van der Waals surface area contributed by atoms with Crippen LogP contribution in [0.5, 0.6) is 0 Å². The zero-order valence-electron chi connectivity index (χ0n) is 8.70. The number of aliphatic hydroxyl groups is 1. The first-order valence-electron chi connectivity index (χ1n) is 5.17. The lowest BCUT2D eigenvalue weighted by Gasteiger charge is -2.30. The largest absolute Gasteiger partial charge is 0.476 e. The predicted molar refractivity (Wildman–Crippen MR) is 56.4 cm³/mol. The third-order valence-electron chi connectivity index (χ3n) is 2.59. The molecule has 0 spiro atoms. The molecule has 0 aromatic carbocycles. The third-order valence-corrected chi connectivity index (χ3v) is 2.59. The summed E-state index contributed by atoms with van der Waals surface area (Å²) in [6, 6.07) is 3.04. The molecule has 1 aromatic heterocycles. The lowest BCUT2D eigenvalue weighted by molar-refractivity contribution is 0.0689. The number of carboxylic acid groups (broad SMARTS) is 1. The van der Waals surface area contributed by atoms with Gasteiger partial charge in [0.2, 0.25) is 0 Å². The van der Waals surface area contributed by atoms with Gasteiger partial charge in [-0.25, -0.2) is 4.79 Å². The molecule has 86 valence electrons. The standard InChI is InChI=1S/C10H13N3O3/c14-7-2-1-5-13(6-7)9-4-3-8(10(15)16)11-12-9/h3-4,7,14H,1-2,5-6H2,(H,15,16)/t7-/m1/s1. The predicted octanol–water partition coefficient (Wildman–Crippen LogP) is 0.136. The van der Waals surface area contributed by atoms with E-state index in [1.165, 1.54) is 6.07 Å². The van der Waals surface area contributed by atoms with Crippen molar-refractivity contribution >= 4 is 11.8 Å². The van der Waals surface area contributed by atoms with E-state index < -0.39 is 5.97 Å². The lowest BCUT2D eigenvalue weighted by atomic mass is 10.1. The van der Waals surface area contributed by atoms with Crippen molar-refractivity contribution < 1.29 is 15.0 Å². The fourth-order valence-electron chi connectivity index (χ4n) is 1.77. The Morgan fingerprint density at radius 3 is 2.81 bits per heavy atom. The molecule has 0 radical (unpaired) electrons. The summed E-state index contributed by atoms with van der Waals surface area (Å²) >= 11 is 0. The minimum atomic E-state index is -1.09. The molecule has 1 aromatic rings. The van der Waals surface area contributed by atoms with E-state index in [9.17, 15) is 9.90 Å². The molecule has 1 aliphatic heterocycles. The van der Waals surface area contributed by atoms with Crippen LogP contribution in [0, 0.1) is 0 Å². The summed E-state index contributed by atoms with van der Waals surface area (Å²) in [6.45, 7) is 1.35. The Kier molecular flexibility index (Phi) is 3.00. The minimum absolute atomic E-state index is 0.0682. The molecule has 0 amide bonds. The summed E-state index contributed by atoms with van der Waals surface area (Å²) in [5.41, 5.74) is -0.0682. The molecule has 16 heavy (non-hydrogen) atoms. The second kappa shape index (κ2) is 4.44. The molecule has 0 unspecified atom stereocenters. The van der Waals surface area contributed by atoms with Crippen LogP contribution >= 0.6 is 0 Å². The van der Waals surface area contributed by atoms with Gasteiger partial charge in [-0.05, 0) is 25.0 Å². The van der Waals surface area contributed by atoms with E-state index in [4.69, 9.17) is 5.11 Å². The smallest absolute Gasteiger partial charge is 0.356 e. The van der Waals surface area contributed by atoms with Crippen molar-refractivity contribution in [1.82, 2.24) is 10.2 Å². The average molecular weight is 223 g/mol. The summed E-state index contributed by atoms with van der Waals surface area (Å²) in [4.78, 5) is 12.5. The van der Waals surface area contributed by atoms with Gasteiger partial charge in [0.1, 0.15) is 0 Å². The Morgan fingerprint density at radius 1 is 1.44 bits per heavy atom. The highest BCUT2D eigenvalue weighted by atomic mass is 16.4. The fourth-order valence-corrected chi connectivity index (χ4v) is 1.77. The first-order chi connectivity index (χ1) is 7.66. The average Bonchev–Trinajstić information content (AvgIpc) is 2.29. The van der Waals surface area contributed by atoms with Gasteiger partial charge in [0.15, 0.2) is 11.5 Å². The van der Waals surface area contributed by atoms with Gasteiger partial charge in [0, 0.05) is 13.1 Å². The van der Waals surface area contributed by atoms with Gasteiger partial charge in [-0.2, -0.15) is 0 Å². The van der Waals surface area contributed by atoms with Gasteiger partial charge in [-0.15, -0.1) is 10.2 Å². The van der Waals surface area contributed by atoms with Crippen LogP contribution in [-0.4, -0.2) is 45.6 Å². The van der Waals surface area contributed by atoms with Gasteiger partial charge in [0.05, 0.1) is 6.10 Å². The zero-order chi connectivity index (χ0) is 11.5. The highest BCUT2D eigenvalue weighted by Crippen LogP contribution is 2.16. The van der Waals surface area contributed by atoms with Gasteiger partial charge < -0.3 is 15.1 Å². The Morgan fingerprint density at radius 2 is 2.25 bits per heavy atom. The maximum absolute atomic E-state index is 10.6. The Bertz CT molecular complexity index is 379. The first kappa shape index (κ1) is 10.8. The number of aliphatic hydroxyl groups excluding tert-OH is 1. The van der Waals surface area contributed by atoms with Crippen molar-refractivity contribution in [2.75, 3.05) is 18.0 Å². The monoisotopic (exact) mass is 223 g/mol. The number of carboxylic acids is 1. The highest BCUT2D eigenvalue weighted by molar-refractivity contribution is 5.85. The highest BCUT2D eigenvalue weighted by Gasteiger charge is 2.19. The van der Waals surface area contributed by atoms with Crippen LogP contribution in [0.15, 0.2) is 12.1 Å². The number of aromatic nitrogens is 2. The number of piperidine rings is 1. The Labute approximate surface area is 92.5 Å². The minimum Gasteiger partial charge on any atom is -0.476 e. The maximum atomic E-state index is 10.6. The van der Waals surface area contributed by atoms with E-state index in [1.807, 2.05) is 4.90 Å². The quantitative estimate of drug-likeness (QED) is 0.741. The van der Waals surface area contributed by atoms with Crippen molar-refractivity contribution in [3.63, 3.8) is 0 Å². The molecule has 6 nitrogen and oxygen atoms in total. The Hall–Kier alpha value is -1.69. The summed E-state index contributed by atoms with van der Waals surface area (Å²) in [7, 11) is 0. The van der Waals surface area contributed by atoms with Gasteiger partial charge >= 0.3 is 5.97 Å². The van der Waals surface area contributed by atoms with Crippen molar-refractivity contribution in [2.24, 2.45) is 0 Å². The molecule has 2 rings (SSSR count). The first-order valence-corrected chi connectivity index (χ1v) is 5.17. The molecule has 6 heteroatoms. The van der Waals surface area contributed by atoms with E-state index in [0.29, 0.717) is 12.4 Å². The molecular formula is C10H13N3O3. The number of β-amino-alcohol motifs (C(OH)–C–C–N with tert-alkyl or cyclic N) is 1. The van der Waals surface area contributed by atoms with Gasteiger partial charge in [-0.1, -0.05) is 0 Å². The zero-order valence-corrected chi connectivity index (χ0v) is 8.70. The van der Waals surface area contributed by atoms with E-state index in [2.05, 4.69) is 10.2 Å². The number of nitrogens with zero attached hydrogens (tertiary/aromatic N) is 3. The summed E-state index contributed by atoms with van der Waals surface area (Å²) in [6.07, 6.45) is 1.37. The molecular weight excluding hydrogens is 210 g/mol. The van der Waals surface area contributed by atoms with Crippen molar-refractivity contribution in [3.8, 4) is 0 Å². The van der Waals surface area contributed by atoms with Crippen LogP contribution in [0.1, 0.15) is 23.3 Å². The second-order valence-corrected chi connectivity index (χ2v) is 3.82. The van der Waals surface area contributed by atoms with Crippen LogP contribution in [0.4, 0.5) is 5.82 Å². The van der Waals surface area contributed by atoms with E-state index in [-0.39, 0.29) is 11.8 Å². The molecule has 0 bridgehead atoms. The topological polar surface area (TPSA) is 86.5 Å². The summed E-state index contributed by atoms with van der Waals surface area (Å²) in [5, 5.41) is 25.6. The number of rotatable bonds is 2. The molecule has 2 N–H and O–H groups in total. The molecule has 1 saturated heterocycles. The van der Waals surface area contributed by atoms with Gasteiger partial charge in [-0.3, -0.25) is 0 Å². The van der Waals surface area contributed by atoms with E-state index in [0.717, 1.165) is 19.4 Å². The number of carbonyl (C=O) groups is 1. The van der Waals surface area contributed by atoms with Gasteiger partial charge in [0.25, 0.3) is 0 Å². The summed E-state index contributed by atoms with van der Waals surface area (Å²) < 4.78 is 0. The van der Waals surface area contributed by atoms with Crippen molar-refractivity contribution in [3.05, 3.63) is 17.8 Å². The molecule has 1 atom stereocenters. The second-order valence-electron chi connectivity index (χ2n) is 3.82. The SMILES string of the molecule is O=C(O)c1ccc(N2CCC[C@@H](O)C2)nn1. The lowest BCUT2D eigenvalue weighted by Crippen LogP contribution is -2.38. The third kappa shape index (κ3) is 2.27. The number of hydrogen-bond acceptors (Lipinski definition) is 5. The normalized spacial score (nSPS) is 20.8. The number of aromatic carboxylic acids is 1. The molecule has 2 heterocycles. The molecule has 1 aliphatic rings. The van der Waals surface area contributed by atoms with Crippen LogP contribution in [0.2, 0.25) is 0 Å². The van der Waals surface area contributed by atoms with Crippen molar-refractivity contribution in [2.45, 2.75) is 18.9 Å². The summed E-state index contributed by atoms with van der Waals surface area (Å²) in [5.74, 6) is -0.471.